The highest BCUT2D eigenvalue weighted by atomic mass is 32.1. The highest BCUT2D eigenvalue weighted by molar-refractivity contribution is 7.14. The van der Waals surface area contributed by atoms with Crippen LogP contribution in [0.1, 0.15) is 53.8 Å². The standard InChI is InChI=1S/C24H25FN4O4S/c1-3-33-13(2)18-12-28(16-8-9-16)24(32)20-22(31)21(30)17(11-29(18)20)23-27-26-19(34-23)10-14-4-6-15(25)7-5-14/h4-7,11,13,16,18,31H,3,8-10,12H2,1-2H3/t13-,18+/m0/s1. The zero-order chi connectivity index (χ0) is 24.0. The van der Waals surface area contributed by atoms with E-state index in [0.717, 1.165) is 18.4 Å². The Hall–Kier alpha value is -3.11. The summed E-state index contributed by atoms with van der Waals surface area (Å²) in [6, 6.07) is 5.99. The van der Waals surface area contributed by atoms with Crippen LogP contribution in [0.2, 0.25) is 0 Å². The van der Waals surface area contributed by atoms with Crippen LogP contribution in [-0.4, -0.2) is 56.0 Å². The molecule has 0 radical (unpaired) electrons. The van der Waals surface area contributed by atoms with Gasteiger partial charge in [0.25, 0.3) is 5.91 Å². The summed E-state index contributed by atoms with van der Waals surface area (Å²) >= 11 is 1.23. The Kier molecular flexibility index (Phi) is 5.95. The van der Waals surface area contributed by atoms with Gasteiger partial charge in [-0.1, -0.05) is 23.5 Å². The summed E-state index contributed by atoms with van der Waals surface area (Å²) in [5.41, 5.74) is 0.403. The number of aromatic hydroxyl groups is 1. The minimum atomic E-state index is -0.649. The average Bonchev–Trinajstić information content (AvgIpc) is 3.56. The van der Waals surface area contributed by atoms with Crippen LogP contribution in [0.15, 0.2) is 35.3 Å². The number of ether oxygens (including phenoxy) is 1. The third-order valence-corrected chi connectivity index (χ3v) is 7.30. The fourth-order valence-electron chi connectivity index (χ4n) is 4.41. The first-order valence-corrected chi connectivity index (χ1v) is 12.2. The second-order valence-electron chi connectivity index (χ2n) is 8.70. The molecule has 1 amide bonds. The lowest BCUT2D eigenvalue weighted by molar-refractivity contribution is 0.0130. The van der Waals surface area contributed by atoms with E-state index in [1.165, 1.54) is 23.5 Å². The van der Waals surface area contributed by atoms with Crippen LogP contribution in [0.5, 0.6) is 5.75 Å². The van der Waals surface area contributed by atoms with Crippen LogP contribution >= 0.6 is 11.3 Å². The second-order valence-corrected chi connectivity index (χ2v) is 9.76. The van der Waals surface area contributed by atoms with Gasteiger partial charge in [0.15, 0.2) is 16.5 Å². The Balaban J connectivity index is 1.54. The Labute approximate surface area is 199 Å². The molecular weight excluding hydrogens is 459 g/mol. The number of aromatic nitrogens is 3. The molecular formula is C24H25FN4O4S. The maximum Gasteiger partial charge on any atom is 0.274 e. The van der Waals surface area contributed by atoms with Gasteiger partial charge in [0.2, 0.25) is 5.43 Å². The predicted octanol–water partition coefficient (Wildman–Crippen LogP) is 3.39. The molecule has 1 aliphatic carbocycles. The van der Waals surface area contributed by atoms with Gasteiger partial charge in [-0.05, 0) is 44.4 Å². The molecule has 5 rings (SSSR count). The van der Waals surface area contributed by atoms with Gasteiger partial charge < -0.3 is 19.3 Å². The Morgan fingerprint density at radius 3 is 2.65 bits per heavy atom. The number of hydrogen-bond acceptors (Lipinski definition) is 7. The number of nitrogens with zero attached hydrogens (tertiary/aromatic N) is 4. The minimum absolute atomic E-state index is 0.000459. The Bertz CT molecular complexity index is 1290. The van der Waals surface area contributed by atoms with Crippen molar-refractivity contribution in [1.82, 2.24) is 19.7 Å². The van der Waals surface area contributed by atoms with E-state index in [1.54, 1.807) is 27.8 Å². The normalized spacial score (nSPS) is 18.7. The van der Waals surface area contributed by atoms with Crippen LogP contribution in [0, 0.1) is 5.82 Å². The van der Waals surface area contributed by atoms with Crippen LogP contribution in [0.4, 0.5) is 4.39 Å². The van der Waals surface area contributed by atoms with Crippen LogP contribution in [-0.2, 0) is 11.2 Å². The number of carbonyl (C=O) groups is 1. The van der Waals surface area contributed by atoms with Crippen LogP contribution in [0.25, 0.3) is 10.6 Å². The van der Waals surface area contributed by atoms with Crippen LogP contribution < -0.4 is 5.43 Å². The molecule has 178 valence electrons. The molecule has 10 heteroatoms. The van der Waals surface area contributed by atoms with E-state index in [2.05, 4.69) is 10.2 Å². The Morgan fingerprint density at radius 1 is 1.24 bits per heavy atom. The molecule has 1 saturated carbocycles. The van der Waals surface area contributed by atoms with Gasteiger partial charge >= 0.3 is 0 Å². The van der Waals surface area contributed by atoms with E-state index in [-0.39, 0.29) is 41.2 Å². The zero-order valence-corrected chi connectivity index (χ0v) is 19.7. The van der Waals surface area contributed by atoms with Gasteiger partial charge in [-0.3, -0.25) is 9.59 Å². The van der Waals surface area contributed by atoms with Crippen molar-refractivity contribution in [2.24, 2.45) is 0 Å². The fraction of sp³-hybridized carbons (Fsp3) is 0.417. The number of pyridine rings is 1. The van der Waals surface area contributed by atoms with Crippen LogP contribution in [0.3, 0.4) is 0 Å². The first-order chi connectivity index (χ1) is 16.4. The van der Waals surface area contributed by atoms with E-state index in [0.29, 0.717) is 29.6 Å². The first-order valence-electron chi connectivity index (χ1n) is 11.3. The van der Waals surface area contributed by atoms with Crippen molar-refractivity contribution >= 4 is 17.2 Å². The summed E-state index contributed by atoms with van der Waals surface area (Å²) in [5, 5.41) is 20.2. The summed E-state index contributed by atoms with van der Waals surface area (Å²) in [5.74, 6) is -1.22. The molecule has 34 heavy (non-hydrogen) atoms. The van der Waals surface area contributed by atoms with E-state index in [1.807, 2.05) is 13.8 Å². The van der Waals surface area contributed by atoms with Crippen molar-refractivity contribution in [3.8, 4) is 16.3 Å². The van der Waals surface area contributed by atoms with Gasteiger partial charge in [-0.2, -0.15) is 0 Å². The number of rotatable bonds is 7. The van der Waals surface area contributed by atoms with Crippen molar-refractivity contribution in [1.29, 1.82) is 0 Å². The summed E-state index contributed by atoms with van der Waals surface area (Å²) in [6.07, 6.45) is 3.64. The number of fused-ring (bicyclic) bond motifs is 1. The second kappa shape index (κ2) is 8.92. The molecule has 0 spiro atoms. The lowest BCUT2D eigenvalue weighted by Crippen LogP contribution is -2.48. The third kappa shape index (κ3) is 4.12. The molecule has 1 N–H and O–H groups in total. The van der Waals surface area contributed by atoms with Crippen molar-refractivity contribution in [3.05, 3.63) is 62.8 Å². The number of hydrogen-bond donors (Lipinski definition) is 1. The third-order valence-electron chi connectivity index (χ3n) is 6.34. The fourth-order valence-corrected chi connectivity index (χ4v) is 5.29. The number of amides is 1. The van der Waals surface area contributed by atoms with Crippen molar-refractivity contribution < 1.29 is 19.0 Å². The summed E-state index contributed by atoms with van der Waals surface area (Å²) < 4.78 is 20.7. The minimum Gasteiger partial charge on any atom is -0.503 e. The van der Waals surface area contributed by atoms with E-state index >= 15 is 0 Å². The highest BCUT2D eigenvalue weighted by Crippen LogP contribution is 2.37. The molecule has 3 heterocycles. The molecule has 8 nitrogen and oxygen atoms in total. The van der Waals surface area contributed by atoms with Gasteiger partial charge in [-0.15, -0.1) is 10.2 Å². The molecule has 1 aliphatic heterocycles. The number of carbonyl (C=O) groups excluding carboxylic acids is 1. The van der Waals surface area contributed by atoms with Crippen molar-refractivity contribution in [2.45, 2.75) is 51.3 Å². The monoisotopic (exact) mass is 484 g/mol. The maximum absolute atomic E-state index is 13.2. The van der Waals surface area contributed by atoms with Gasteiger partial charge in [0.05, 0.1) is 17.7 Å². The van der Waals surface area contributed by atoms with Gasteiger partial charge in [-0.25, -0.2) is 4.39 Å². The molecule has 1 fully saturated rings. The van der Waals surface area contributed by atoms with E-state index in [4.69, 9.17) is 4.74 Å². The molecule has 0 bridgehead atoms. The maximum atomic E-state index is 13.2. The molecule has 2 aromatic heterocycles. The van der Waals surface area contributed by atoms with E-state index < -0.39 is 11.2 Å². The first kappa shape index (κ1) is 22.7. The zero-order valence-electron chi connectivity index (χ0n) is 18.9. The summed E-state index contributed by atoms with van der Waals surface area (Å²) in [6.45, 7) is 4.79. The molecule has 0 saturated heterocycles. The molecule has 0 unspecified atom stereocenters. The lowest BCUT2D eigenvalue weighted by Gasteiger charge is -2.39. The SMILES string of the molecule is CCO[C@@H](C)[C@H]1CN(C2CC2)C(=O)c2c(O)c(=O)c(-c3nnc(Cc4ccc(F)cc4)s3)cn21. The molecule has 2 atom stereocenters. The molecule has 3 aromatic rings. The topological polar surface area (TPSA) is 97.6 Å². The summed E-state index contributed by atoms with van der Waals surface area (Å²) in [7, 11) is 0. The average molecular weight is 485 g/mol. The molecule has 1 aromatic carbocycles. The number of benzene rings is 1. The largest absolute Gasteiger partial charge is 0.503 e. The van der Waals surface area contributed by atoms with Crippen molar-refractivity contribution in [2.75, 3.05) is 13.2 Å². The Morgan fingerprint density at radius 2 is 1.97 bits per heavy atom. The highest BCUT2D eigenvalue weighted by Gasteiger charge is 2.43. The molecule has 2 aliphatic rings. The van der Waals surface area contributed by atoms with E-state index in [9.17, 15) is 19.1 Å². The lowest BCUT2D eigenvalue weighted by atomic mass is 10.0. The van der Waals surface area contributed by atoms with Crippen molar-refractivity contribution in [3.63, 3.8) is 0 Å². The smallest absolute Gasteiger partial charge is 0.274 e. The summed E-state index contributed by atoms with van der Waals surface area (Å²) in [4.78, 5) is 28.1. The predicted molar refractivity (Wildman–Crippen MR) is 125 cm³/mol. The van der Waals surface area contributed by atoms with Gasteiger partial charge in [0.1, 0.15) is 10.8 Å². The van der Waals surface area contributed by atoms with Gasteiger partial charge in [0, 0.05) is 31.8 Å². The quantitative estimate of drug-likeness (QED) is 0.552. The number of halogens is 1.